The fourth-order valence-corrected chi connectivity index (χ4v) is 3.27. The van der Waals surface area contributed by atoms with Crippen molar-refractivity contribution in [2.45, 2.75) is 33.7 Å². The SMILES string of the molecule is CCOc1ccc([C@@H](C)NC(=O)/C(=C/c2ccco2)NC(=O)c2ccc(C)cc2)cc1OCC. The number of nitrogens with one attached hydrogen (secondary N) is 2. The molecule has 1 atom stereocenters. The minimum Gasteiger partial charge on any atom is -0.490 e. The third-order valence-electron chi connectivity index (χ3n) is 5.05. The van der Waals surface area contributed by atoms with E-state index in [1.54, 1.807) is 24.3 Å². The van der Waals surface area contributed by atoms with Crippen molar-refractivity contribution < 1.29 is 23.5 Å². The first-order valence-corrected chi connectivity index (χ1v) is 11.2. The number of carbonyl (C=O) groups is 2. The van der Waals surface area contributed by atoms with Crippen molar-refractivity contribution in [2.75, 3.05) is 13.2 Å². The molecule has 1 heterocycles. The largest absolute Gasteiger partial charge is 0.490 e. The third-order valence-corrected chi connectivity index (χ3v) is 5.05. The lowest BCUT2D eigenvalue weighted by Gasteiger charge is -2.18. The van der Waals surface area contributed by atoms with Crippen LogP contribution in [0.1, 0.15) is 54.1 Å². The van der Waals surface area contributed by atoms with E-state index >= 15 is 0 Å². The summed E-state index contributed by atoms with van der Waals surface area (Å²) < 4.78 is 16.7. The molecule has 2 aromatic carbocycles. The van der Waals surface area contributed by atoms with Crippen LogP contribution in [-0.4, -0.2) is 25.0 Å². The maximum Gasteiger partial charge on any atom is 0.268 e. The van der Waals surface area contributed by atoms with Gasteiger partial charge in [-0.25, -0.2) is 0 Å². The average molecular weight is 463 g/mol. The topological polar surface area (TPSA) is 89.8 Å². The highest BCUT2D eigenvalue weighted by atomic mass is 16.5. The molecule has 0 aliphatic carbocycles. The molecule has 0 spiro atoms. The molecule has 0 fully saturated rings. The van der Waals surface area contributed by atoms with Gasteiger partial charge in [0, 0.05) is 11.6 Å². The van der Waals surface area contributed by atoms with Crippen LogP contribution in [0, 0.1) is 6.92 Å². The number of hydrogen-bond donors (Lipinski definition) is 2. The number of hydrogen-bond acceptors (Lipinski definition) is 5. The molecule has 0 bridgehead atoms. The van der Waals surface area contributed by atoms with Crippen molar-refractivity contribution in [2.24, 2.45) is 0 Å². The fourth-order valence-electron chi connectivity index (χ4n) is 3.27. The van der Waals surface area contributed by atoms with Crippen LogP contribution in [0.15, 0.2) is 71.0 Å². The summed E-state index contributed by atoms with van der Waals surface area (Å²) in [6.07, 6.45) is 3.00. The highest BCUT2D eigenvalue weighted by Gasteiger charge is 2.19. The first-order chi connectivity index (χ1) is 16.4. The molecule has 3 aromatic rings. The van der Waals surface area contributed by atoms with E-state index in [2.05, 4.69) is 10.6 Å². The van der Waals surface area contributed by atoms with Crippen LogP contribution in [0.4, 0.5) is 0 Å². The maximum absolute atomic E-state index is 13.2. The van der Waals surface area contributed by atoms with Crippen LogP contribution >= 0.6 is 0 Å². The zero-order chi connectivity index (χ0) is 24.5. The van der Waals surface area contributed by atoms with Crippen LogP contribution in [0.5, 0.6) is 11.5 Å². The minimum atomic E-state index is -0.448. The molecule has 0 saturated heterocycles. The standard InChI is InChI=1S/C27H30N2O5/c1-5-32-24-14-13-21(16-25(24)33-6-2)19(4)28-27(31)23(17-22-8-7-15-34-22)29-26(30)20-11-9-18(3)10-12-20/h7-17,19H,5-6H2,1-4H3,(H,28,31)(H,29,30)/b23-17-/t19-/m1/s1. The average Bonchev–Trinajstić information content (AvgIpc) is 3.33. The van der Waals surface area contributed by atoms with Gasteiger partial charge in [0.1, 0.15) is 11.5 Å². The van der Waals surface area contributed by atoms with E-state index in [9.17, 15) is 9.59 Å². The summed E-state index contributed by atoms with van der Waals surface area (Å²) in [6, 6.07) is 15.7. The summed E-state index contributed by atoms with van der Waals surface area (Å²) >= 11 is 0. The second-order valence-corrected chi connectivity index (χ2v) is 7.66. The van der Waals surface area contributed by atoms with Gasteiger partial charge in [0.25, 0.3) is 11.8 Å². The van der Waals surface area contributed by atoms with E-state index in [0.717, 1.165) is 11.1 Å². The van der Waals surface area contributed by atoms with Gasteiger partial charge >= 0.3 is 0 Å². The minimum absolute atomic E-state index is 0.0725. The van der Waals surface area contributed by atoms with Crippen molar-refractivity contribution >= 4 is 17.9 Å². The van der Waals surface area contributed by atoms with Gasteiger partial charge in [-0.2, -0.15) is 0 Å². The Bertz CT molecular complexity index is 1130. The van der Waals surface area contributed by atoms with Crippen molar-refractivity contribution in [1.29, 1.82) is 0 Å². The van der Waals surface area contributed by atoms with Crippen molar-refractivity contribution in [3.8, 4) is 11.5 Å². The van der Waals surface area contributed by atoms with Gasteiger partial charge in [-0.3, -0.25) is 9.59 Å². The molecule has 1 aromatic heterocycles. The van der Waals surface area contributed by atoms with Crippen LogP contribution in [-0.2, 0) is 4.79 Å². The summed E-state index contributed by atoms with van der Waals surface area (Å²) in [5, 5.41) is 5.65. The number of benzene rings is 2. The Morgan fingerprint density at radius 3 is 2.35 bits per heavy atom. The molecule has 0 radical (unpaired) electrons. The maximum atomic E-state index is 13.2. The molecule has 178 valence electrons. The number of amides is 2. The number of carbonyl (C=O) groups excluding carboxylic acids is 2. The van der Waals surface area contributed by atoms with Gasteiger partial charge in [-0.05, 0) is 69.7 Å². The van der Waals surface area contributed by atoms with Crippen molar-refractivity contribution in [3.05, 3.63) is 89.0 Å². The molecule has 0 aliphatic heterocycles. The molecule has 0 aliphatic rings. The molecule has 34 heavy (non-hydrogen) atoms. The second-order valence-electron chi connectivity index (χ2n) is 7.66. The summed E-state index contributed by atoms with van der Waals surface area (Å²) in [5.74, 6) is 0.871. The van der Waals surface area contributed by atoms with Crippen molar-refractivity contribution in [1.82, 2.24) is 10.6 Å². The lowest BCUT2D eigenvalue weighted by atomic mass is 10.1. The number of ether oxygens (including phenoxy) is 2. The highest BCUT2D eigenvalue weighted by molar-refractivity contribution is 6.05. The molecule has 7 heteroatoms. The Balaban J connectivity index is 1.80. The predicted octanol–water partition coefficient (Wildman–Crippen LogP) is 5.03. The number of furan rings is 1. The molecular weight excluding hydrogens is 432 g/mol. The quantitative estimate of drug-likeness (QED) is 0.412. The first kappa shape index (κ1) is 24.6. The number of rotatable bonds is 10. The zero-order valence-electron chi connectivity index (χ0n) is 19.9. The normalized spacial score (nSPS) is 12.1. The molecule has 2 N–H and O–H groups in total. The summed E-state index contributed by atoms with van der Waals surface area (Å²) in [5.41, 5.74) is 2.40. The van der Waals surface area contributed by atoms with Gasteiger partial charge in [-0.1, -0.05) is 23.8 Å². The van der Waals surface area contributed by atoms with E-state index in [1.807, 2.05) is 58.0 Å². The van der Waals surface area contributed by atoms with Crippen molar-refractivity contribution in [3.63, 3.8) is 0 Å². The molecular formula is C27H30N2O5. The van der Waals surface area contributed by atoms with E-state index in [0.29, 0.717) is 36.0 Å². The Morgan fingerprint density at radius 2 is 1.71 bits per heavy atom. The van der Waals surface area contributed by atoms with Gasteiger partial charge in [0.15, 0.2) is 11.5 Å². The third kappa shape index (κ3) is 6.51. The van der Waals surface area contributed by atoms with Crippen LogP contribution in [0.2, 0.25) is 0 Å². The van der Waals surface area contributed by atoms with E-state index < -0.39 is 5.91 Å². The summed E-state index contributed by atoms with van der Waals surface area (Å²) in [7, 11) is 0. The Labute approximate surface area is 199 Å². The Morgan fingerprint density at radius 1 is 1.00 bits per heavy atom. The fraction of sp³-hybridized carbons (Fsp3) is 0.259. The highest BCUT2D eigenvalue weighted by Crippen LogP contribution is 2.30. The lowest BCUT2D eigenvalue weighted by molar-refractivity contribution is -0.118. The summed E-state index contributed by atoms with van der Waals surface area (Å²) in [4.78, 5) is 25.9. The first-order valence-electron chi connectivity index (χ1n) is 11.2. The summed E-state index contributed by atoms with van der Waals surface area (Å²) in [6.45, 7) is 8.62. The molecule has 7 nitrogen and oxygen atoms in total. The molecule has 0 unspecified atom stereocenters. The van der Waals surface area contributed by atoms with Crippen LogP contribution in [0.25, 0.3) is 6.08 Å². The predicted molar refractivity (Wildman–Crippen MR) is 131 cm³/mol. The molecule has 2 amide bonds. The lowest BCUT2D eigenvalue weighted by Crippen LogP contribution is -2.36. The zero-order valence-corrected chi connectivity index (χ0v) is 19.9. The van der Waals surface area contributed by atoms with Gasteiger partial charge in [0.2, 0.25) is 0 Å². The number of aryl methyl sites for hydroxylation is 1. The Kier molecular flexibility index (Phi) is 8.51. The van der Waals surface area contributed by atoms with Gasteiger partial charge in [-0.15, -0.1) is 0 Å². The Hall–Kier alpha value is -4.00. The van der Waals surface area contributed by atoms with E-state index in [1.165, 1.54) is 12.3 Å². The van der Waals surface area contributed by atoms with Crippen LogP contribution in [0.3, 0.4) is 0 Å². The van der Waals surface area contributed by atoms with E-state index in [4.69, 9.17) is 13.9 Å². The van der Waals surface area contributed by atoms with E-state index in [-0.39, 0.29) is 17.6 Å². The van der Waals surface area contributed by atoms with Gasteiger partial charge in [0.05, 0.1) is 25.5 Å². The van der Waals surface area contributed by atoms with Crippen LogP contribution < -0.4 is 20.1 Å². The molecule has 3 rings (SSSR count). The molecule has 0 saturated carbocycles. The second kappa shape index (κ2) is 11.7. The monoisotopic (exact) mass is 462 g/mol. The van der Waals surface area contributed by atoms with Gasteiger partial charge < -0.3 is 24.5 Å². The smallest absolute Gasteiger partial charge is 0.268 e.